The molecule has 36 heavy (non-hydrogen) atoms. The van der Waals surface area contributed by atoms with E-state index in [1.165, 1.54) is 13.2 Å². The first-order valence-electron chi connectivity index (χ1n) is 11.4. The van der Waals surface area contributed by atoms with E-state index in [0.29, 0.717) is 22.6 Å². The van der Waals surface area contributed by atoms with Crippen LogP contribution < -0.4 is 5.73 Å². The lowest BCUT2D eigenvalue weighted by molar-refractivity contribution is -0.284. The number of amides is 1. The summed E-state index contributed by atoms with van der Waals surface area (Å²) in [5.74, 6) is -9.67. The van der Waals surface area contributed by atoms with Crippen molar-refractivity contribution in [3.63, 3.8) is 0 Å². The molecule has 1 heterocycles. The number of aliphatic hydroxyl groups is 1. The predicted molar refractivity (Wildman–Crippen MR) is 118 cm³/mol. The molecule has 5 atom stereocenters. The number of fused-ring (bicyclic) bond motifs is 3. The largest absolute Gasteiger partial charge is 0.507 e. The number of hydrogen-bond acceptors (Lipinski definition) is 10. The number of phenolic OH excluding ortho intramolecular Hbond substituents is 1. The van der Waals surface area contributed by atoms with Crippen LogP contribution in [-0.4, -0.2) is 52.0 Å². The number of hydrogen-bond donors (Lipinski definition) is 3. The number of rotatable bonds is 5. The monoisotopic (exact) mass is 497 g/mol. The average Bonchev–Trinajstić information content (AvgIpc) is 3.28. The van der Waals surface area contributed by atoms with Crippen molar-refractivity contribution in [2.45, 2.75) is 31.5 Å². The Morgan fingerprint density at radius 3 is 2.58 bits per heavy atom. The molecular formula is C25H23NO10. The molecule has 0 aliphatic heterocycles. The molecule has 2 unspecified atom stereocenters. The molecule has 0 radical (unpaired) electrons. The second-order valence-electron chi connectivity index (χ2n) is 9.42. The number of primary amides is 1. The third kappa shape index (κ3) is 3.34. The summed E-state index contributed by atoms with van der Waals surface area (Å²) in [5.41, 5.74) is 3.40. The van der Waals surface area contributed by atoms with Crippen LogP contribution in [0.25, 0.3) is 11.3 Å². The van der Waals surface area contributed by atoms with Gasteiger partial charge in [0, 0.05) is 17.9 Å². The SMILES string of the molecule is COOCc1ccc(-c2ccc(O)c3c2C[C@H]2C[C@H]4CC(=O)C(C(N)=O)C(=O)[C@@]4(O)C(=O)C2C3=O)o1. The van der Waals surface area contributed by atoms with E-state index in [-0.39, 0.29) is 37.2 Å². The summed E-state index contributed by atoms with van der Waals surface area (Å²) in [6.45, 7) is 0.0452. The molecule has 1 amide bonds. The average molecular weight is 497 g/mol. The summed E-state index contributed by atoms with van der Waals surface area (Å²) in [4.78, 5) is 73.7. The number of benzene rings is 1. The molecule has 3 aliphatic rings. The highest BCUT2D eigenvalue weighted by Crippen LogP contribution is 2.51. The van der Waals surface area contributed by atoms with E-state index in [9.17, 15) is 34.2 Å². The first-order chi connectivity index (χ1) is 17.1. The van der Waals surface area contributed by atoms with Gasteiger partial charge in [-0.3, -0.25) is 24.0 Å². The van der Waals surface area contributed by atoms with Crippen molar-refractivity contribution >= 4 is 29.0 Å². The topological polar surface area (TPSA) is 183 Å². The van der Waals surface area contributed by atoms with E-state index >= 15 is 0 Å². The maximum Gasteiger partial charge on any atom is 0.235 e. The van der Waals surface area contributed by atoms with Crippen LogP contribution in [0.2, 0.25) is 0 Å². The van der Waals surface area contributed by atoms with Gasteiger partial charge in [0.05, 0.1) is 18.6 Å². The Bertz CT molecular complexity index is 1330. The molecule has 3 aliphatic carbocycles. The Morgan fingerprint density at radius 2 is 1.89 bits per heavy atom. The summed E-state index contributed by atoms with van der Waals surface area (Å²) >= 11 is 0. The molecule has 1 aromatic heterocycles. The van der Waals surface area contributed by atoms with Gasteiger partial charge in [-0.15, -0.1) is 0 Å². The van der Waals surface area contributed by atoms with Gasteiger partial charge in [0.15, 0.2) is 34.7 Å². The van der Waals surface area contributed by atoms with E-state index in [0.717, 1.165) is 0 Å². The number of carbonyl (C=O) groups excluding carboxylic acids is 5. The standard InChI is InChI=1S/C25H23NO10/c1-34-35-9-12-2-5-17(36-12)13-3-4-15(27)19-14(13)7-10-6-11-8-16(28)20(24(26)32)23(31)25(11,33)22(30)18(10)21(19)29/h2-5,10-11,18,20,27,33H,6-9H2,1H3,(H2,26,32)/t10-,11+,18?,20?,25+/m1/s1. The lowest BCUT2D eigenvalue weighted by Crippen LogP contribution is -2.68. The third-order valence-electron chi connectivity index (χ3n) is 7.53. The minimum Gasteiger partial charge on any atom is -0.507 e. The van der Waals surface area contributed by atoms with E-state index in [4.69, 9.17) is 15.0 Å². The highest BCUT2D eigenvalue weighted by atomic mass is 17.2. The first-order valence-corrected chi connectivity index (χ1v) is 11.4. The molecule has 2 saturated carbocycles. The maximum absolute atomic E-state index is 13.6. The van der Waals surface area contributed by atoms with Crippen LogP contribution in [-0.2, 0) is 42.0 Å². The van der Waals surface area contributed by atoms with Crippen LogP contribution in [0.1, 0.15) is 34.5 Å². The van der Waals surface area contributed by atoms with Crippen LogP contribution >= 0.6 is 0 Å². The smallest absolute Gasteiger partial charge is 0.235 e. The number of nitrogens with two attached hydrogens (primary N) is 1. The van der Waals surface area contributed by atoms with Crippen molar-refractivity contribution in [2.75, 3.05) is 7.11 Å². The molecule has 0 spiro atoms. The van der Waals surface area contributed by atoms with Crippen molar-refractivity contribution < 1.29 is 48.4 Å². The molecule has 4 N–H and O–H groups in total. The van der Waals surface area contributed by atoms with Gasteiger partial charge in [-0.25, -0.2) is 9.78 Å². The van der Waals surface area contributed by atoms with Gasteiger partial charge in [-0.05, 0) is 48.6 Å². The summed E-state index contributed by atoms with van der Waals surface area (Å²) < 4.78 is 5.80. The normalized spacial score (nSPS) is 29.5. The Morgan fingerprint density at radius 1 is 1.14 bits per heavy atom. The maximum atomic E-state index is 13.6. The second kappa shape index (κ2) is 8.47. The zero-order chi connectivity index (χ0) is 25.9. The van der Waals surface area contributed by atoms with Crippen molar-refractivity contribution in [1.82, 2.24) is 0 Å². The molecule has 0 bridgehead atoms. The Balaban J connectivity index is 1.56. The van der Waals surface area contributed by atoms with Crippen molar-refractivity contribution in [3.05, 3.63) is 41.2 Å². The fourth-order valence-corrected chi connectivity index (χ4v) is 5.92. The lowest BCUT2D eigenvalue weighted by Gasteiger charge is -2.48. The van der Waals surface area contributed by atoms with Crippen molar-refractivity contribution in [3.8, 4) is 17.1 Å². The van der Waals surface area contributed by atoms with Crippen LogP contribution in [0, 0.1) is 23.7 Å². The number of ketones is 4. The van der Waals surface area contributed by atoms with Crippen LogP contribution in [0.3, 0.4) is 0 Å². The molecule has 11 heteroatoms. The number of phenols is 1. The Hall–Kier alpha value is -3.67. The molecule has 11 nitrogen and oxygen atoms in total. The number of aromatic hydroxyl groups is 1. The molecule has 188 valence electrons. The minimum absolute atomic E-state index is 0.0151. The van der Waals surface area contributed by atoms with Crippen molar-refractivity contribution in [2.24, 2.45) is 29.4 Å². The fourth-order valence-electron chi connectivity index (χ4n) is 5.92. The molecule has 2 aromatic rings. The Kier molecular flexibility index (Phi) is 5.66. The quantitative estimate of drug-likeness (QED) is 0.301. The number of Topliss-reactive ketones (excluding diaryl/α,β-unsaturated/α-hetero) is 4. The summed E-state index contributed by atoms with van der Waals surface area (Å²) in [5, 5.41) is 21.8. The molecule has 5 rings (SSSR count). The zero-order valence-electron chi connectivity index (χ0n) is 19.2. The molecular weight excluding hydrogens is 474 g/mol. The molecule has 2 fully saturated rings. The lowest BCUT2D eigenvalue weighted by atomic mass is 9.53. The van der Waals surface area contributed by atoms with Crippen LogP contribution in [0.15, 0.2) is 28.7 Å². The fraction of sp³-hybridized carbons (Fsp3) is 0.400. The molecule has 1 aromatic carbocycles. The van der Waals surface area contributed by atoms with Gasteiger partial charge in [0.25, 0.3) is 0 Å². The third-order valence-corrected chi connectivity index (χ3v) is 7.53. The van der Waals surface area contributed by atoms with E-state index in [2.05, 4.69) is 4.89 Å². The first kappa shape index (κ1) is 24.0. The highest BCUT2D eigenvalue weighted by molar-refractivity contribution is 6.31. The van der Waals surface area contributed by atoms with Gasteiger partial charge >= 0.3 is 0 Å². The predicted octanol–water partition coefficient (Wildman–Crippen LogP) is 0.665. The Labute approximate surface area is 204 Å². The summed E-state index contributed by atoms with van der Waals surface area (Å²) in [6.07, 6.45) is -0.221. The van der Waals surface area contributed by atoms with Gasteiger partial charge in [-0.2, -0.15) is 0 Å². The zero-order valence-corrected chi connectivity index (χ0v) is 19.2. The number of furan rings is 1. The second-order valence-corrected chi connectivity index (χ2v) is 9.42. The van der Waals surface area contributed by atoms with E-state index in [1.807, 2.05) is 0 Å². The van der Waals surface area contributed by atoms with Gasteiger partial charge in [-0.1, -0.05) is 0 Å². The highest BCUT2D eigenvalue weighted by Gasteiger charge is 2.66. The summed E-state index contributed by atoms with van der Waals surface area (Å²) in [6, 6.07) is 6.23. The van der Waals surface area contributed by atoms with Gasteiger partial charge in [0.2, 0.25) is 5.91 Å². The number of carbonyl (C=O) groups is 5. The van der Waals surface area contributed by atoms with E-state index in [1.54, 1.807) is 18.2 Å². The van der Waals surface area contributed by atoms with Crippen LogP contribution in [0.4, 0.5) is 0 Å². The van der Waals surface area contributed by atoms with Crippen molar-refractivity contribution in [1.29, 1.82) is 0 Å². The molecule has 0 saturated heterocycles. The van der Waals surface area contributed by atoms with Crippen LogP contribution in [0.5, 0.6) is 5.75 Å². The van der Waals surface area contributed by atoms with E-state index < -0.39 is 58.3 Å². The minimum atomic E-state index is -2.67. The van der Waals surface area contributed by atoms with Gasteiger partial charge in [0.1, 0.15) is 23.9 Å². The summed E-state index contributed by atoms with van der Waals surface area (Å²) in [7, 11) is 1.36. The van der Waals surface area contributed by atoms with Gasteiger partial charge < -0.3 is 20.4 Å².